The molecule has 3 heterocycles. The van der Waals surface area contributed by atoms with Crippen LogP contribution in [0.4, 0.5) is 17.2 Å². The van der Waals surface area contributed by atoms with Crippen LogP contribution in [0.1, 0.15) is 19.8 Å². The van der Waals surface area contributed by atoms with E-state index in [0.29, 0.717) is 48.7 Å². The maximum Gasteiger partial charge on any atom is 0.232 e. The van der Waals surface area contributed by atoms with Gasteiger partial charge < -0.3 is 15.0 Å². The molecule has 1 aromatic carbocycles. The first kappa shape index (κ1) is 21.8. The lowest BCUT2D eigenvalue weighted by Crippen LogP contribution is -2.38. The Balaban J connectivity index is 1.37. The summed E-state index contributed by atoms with van der Waals surface area (Å²) in [4.78, 5) is 14.9. The fourth-order valence-electron chi connectivity index (χ4n) is 3.60. The molecule has 1 aliphatic rings. The third-order valence-corrected chi connectivity index (χ3v) is 6.74. The fraction of sp³-hybridized carbons (Fsp3) is 0.400. The SMILES string of the molecule is CCS(=O)(=O)Nc1ccc(NC(=O)C2CCN(c3ccc4nncn4n3)CC2)cc1OC. The van der Waals surface area contributed by atoms with Crippen molar-refractivity contribution in [1.82, 2.24) is 19.8 Å². The molecule has 0 spiro atoms. The highest BCUT2D eigenvalue weighted by Crippen LogP contribution is 2.30. The van der Waals surface area contributed by atoms with E-state index in [2.05, 4.69) is 30.2 Å². The summed E-state index contributed by atoms with van der Waals surface area (Å²) in [6, 6.07) is 8.62. The van der Waals surface area contributed by atoms with Crippen LogP contribution in [0.2, 0.25) is 0 Å². The smallest absolute Gasteiger partial charge is 0.232 e. The molecule has 1 saturated heterocycles. The van der Waals surface area contributed by atoms with Gasteiger partial charge in [-0.2, -0.15) is 4.52 Å². The van der Waals surface area contributed by atoms with Crippen LogP contribution in [0.25, 0.3) is 5.65 Å². The van der Waals surface area contributed by atoms with E-state index in [4.69, 9.17) is 4.74 Å². The highest BCUT2D eigenvalue weighted by Gasteiger charge is 2.26. The molecule has 0 atom stereocenters. The third kappa shape index (κ3) is 4.74. The molecule has 32 heavy (non-hydrogen) atoms. The Kier molecular flexibility index (Phi) is 6.12. The predicted molar refractivity (Wildman–Crippen MR) is 120 cm³/mol. The van der Waals surface area contributed by atoms with E-state index in [9.17, 15) is 13.2 Å². The van der Waals surface area contributed by atoms with Gasteiger partial charge in [0.1, 0.15) is 17.9 Å². The molecule has 2 N–H and O–H groups in total. The molecule has 1 amide bonds. The van der Waals surface area contributed by atoms with Crippen LogP contribution in [0.5, 0.6) is 5.75 Å². The average Bonchev–Trinajstić information content (AvgIpc) is 3.28. The van der Waals surface area contributed by atoms with Crippen molar-refractivity contribution in [2.24, 2.45) is 5.92 Å². The van der Waals surface area contributed by atoms with Crippen molar-refractivity contribution in [2.45, 2.75) is 19.8 Å². The van der Waals surface area contributed by atoms with E-state index in [0.717, 1.165) is 5.82 Å². The molecule has 0 radical (unpaired) electrons. The predicted octanol–water partition coefficient (Wildman–Crippen LogP) is 1.75. The lowest BCUT2D eigenvalue weighted by molar-refractivity contribution is -0.120. The van der Waals surface area contributed by atoms with E-state index in [1.165, 1.54) is 7.11 Å². The molecule has 2 aromatic heterocycles. The summed E-state index contributed by atoms with van der Waals surface area (Å²) >= 11 is 0. The van der Waals surface area contributed by atoms with E-state index in [-0.39, 0.29) is 17.6 Å². The number of benzene rings is 1. The largest absolute Gasteiger partial charge is 0.494 e. The summed E-state index contributed by atoms with van der Waals surface area (Å²) in [5.41, 5.74) is 1.57. The van der Waals surface area contributed by atoms with Gasteiger partial charge in [-0.25, -0.2) is 8.42 Å². The number of rotatable bonds is 7. The number of nitrogens with zero attached hydrogens (tertiary/aromatic N) is 5. The Morgan fingerprint density at radius 3 is 2.72 bits per heavy atom. The number of fused-ring (bicyclic) bond motifs is 1. The van der Waals surface area contributed by atoms with Gasteiger partial charge in [-0.3, -0.25) is 9.52 Å². The molecule has 12 heteroatoms. The summed E-state index contributed by atoms with van der Waals surface area (Å²) in [5.74, 6) is 0.914. The normalized spacial score (nSPS) is 15.0. The lowest BCUT2D eigenvalue weighted by atomic mass is 9.96. The van der Waals surface area contributed by atoms with Gasteiger partial charge in [0.15, 0.2) is 5.65 Å². The Labute approximate surface area is 185 Å². The monoisotopic (exact) mass is 459 g/mol. The molecule has 1 aliphatic heterocycles. The number of aromatic nitrogens is 4. The highest BCUT2D eigenvalue weighted by molar-refractivity contribution is 7.92. The minimum Gasteiger partial charge on any atom is -0.494 e. The number of amides is 1. The number of nitrogens with one attached hydrogen (secondary N) is 2. The first-order valence-corrected chi connectivity index (χ1v) is 11.9. The molecule has 4 rings (SSSR count). The summed E-state index contributed by atoms with van der Waals surface area (Å²) in [6.07, 6.45) is 2.95. The molecule has 11 nitrogen and oxygen atoms in total. The number of piperidine rings is 1. The van der Waals surface area contributed by atoms with Crippen LogP contribution in [-0.4, -0.2) is 60.1 Å². The van der Waals surface area contributed by atoms with Crippen molar-refractivity contribution < 1.29 is 17.9 Å². The van der Waals surface area contributed by atoms with Gasteiger partial charge in [0.05, 0.1) is 18.6 Å². The lowest BCUT2D eigenvalue weighted by Gasteiger charge is -2.32. The fourth-order valence-corrected chi connectivity index (χ4v) is 4.24. The molecule has 0 saturated carbocycles. The van der Waals surface area contributed by atoms with Gasteiger partial charge in [-0.15, -0.1) is 15.3 Å². The zero-order chi connectivity index (χ0) is 22.7. The zero-order valence-electron chi connectivity index (χ0n) is 17.9. The van der Waals surface area contributed by atoms with Gasteiger partial charge in [0, 0.05) is 30.8 Å². The minimum absolute atomic E-state index is 0.0457. The quantitative estimate of drug-likeness (QED) is 0.546. The Morgan fingerprint density at radius 2 is 2.00 bits per heavy atom. The minimum atomic E-state index is -3.43. The number of anilines is 3. The molecule has 3 aromatic rings. The number of ether oxygens (including phenoxy) is 1. The zero-order valence-corrected chi connectivity index (χ0v) is 18.7. The van der Waals surface area contributed by atoms with Gasteiger partial charge >= 0.3 is 0 Å². The van der Waals surface area contributed by atoms with Crippen molar-refractivity contribution in [2.75, 3.05) is 40.9 Å². The third-order valence-electron chi connectivity index (χ3n) is 5.45. The Morgan fingerprint density at radius 1 is 1.22 bits per heavy atom. The second kappa shape index (κ2) is 8.99. The highest BCUT2D eigenvalue weighted by atomic mass is 32.2. The van der Waals surface area contributed by atoms with Crippen molar-refractivity contribution in [3.63, 3.8) is 0 Å². The molecular formula is C20H25N7O4S. The van der Waals surface area contributed by atoms with Crippen LogP contribution >= 0.6 is 0 Å². The molecule has 0 bridgehead atoms. The molecule has 170 valence electrons. The number of hydrogen-bond donors (Lipinski definition) is 2. The van der Waals surface area contributed by atoms with Crippen LogP contribution in [0.15, 0.2) is 36.7 Å². The molecular weight excluding hydrogens is 434 g/mol. The van der Waals surface area contributed by atoms with Crippen LogP contribution in [0, 0.1) is 5.92 Å². The number of carbonyl (C=O) groups is 1. The van der Waals surface area contributed by atoms with Gasteiger partial charge in [-0.1, -0.05) is 0 Å². The van der Waals surface area contributed by atoms with Crippen molar-refractivity contribution in [3.05, 3.63) is 36.7 Å². The van der Waals surface area contributed by atoms with E-state index in [1.807, 2.05) is 12.1 Å². The molecule has 0 aliphatic carbocycles. The van der Waals surface area contributed by atoms with E-state index in [1.54, 1.807) is 36.0 Å². The standard InChI is InChI=1S/C20H25N7O4S/c1-3-32(29,30)25-16-5-4-15(12-17(16)31-2)22-20(28)14-8-10-26(11-9-14)19-7-6-18-23-21-13-27(18)24-19/h4-7,12-14,25H,3,8-11H2,1-2H3,(H,22,28). The topological polar surface area (TPSA) is 131 Å². The second-order valence-electron chi connectivity index (χ2n) is 7.50. The average molecular weight is 460 g/mol. The Hall–Kier alpha value is -3.41. The maximum atomic E-state index is 12.8. The van der Waals surface area contributed by atoms with Gasteiger partial charge in [0.2, 0.25) is 15.9 Å². The number of sulfonamides is 1. The van der Waals surface area contributed by atoms with Crippen LogP contribution < -0.4 is 19.7 Å². The molecule has 0 unspecified atom stereocenters. The Bertz CT molecular complexity index is 1220. The number of methoxy groups -OCH3 is 1. The summed E-state index contributed by atoms with van der Waals surface area (Å²) in [7, 11) is -1.98. The summed E-state index contributed by atoms with van der Waals surface area (Å²) in [5, 5.41) is 15.2. The number of carbonyl (C=O) groups excluding carboxylic acids is 1. The second-order valence-corrected chi connectivity index (χ2v) is 9.51. The first-order chi connectivity index (χ1) is 15.4. The maximum absolute atomic E-state index is 12.8. The molecule has 1 fully saturated rings. The van der Waals surface area contributed by atoms with Crippen LogP contribution in [0.3, 0.4) is 0 Å². The number of hydrogen-bond acceptors (Lipinski definition) is 8. The summed E-state index contributed by atoms with van der Waals surface area (Å²) in [6.45, 7) is 2.97. The first-order valence-electron chi connectivity index (χ1n) is 10.3. The van der Waals surface area contributed by atoms with Crippen molar-refractivity contribution in [3.8, 4) is 5.75 Å². The van der Waals surface area contributed by atoms with E-state index < -0.39 is 10.0 Å². The van der Waals surface area contributed by atoms with Gasteiger partial charge in [0.25, 0.3) is 0 Å². The van der Waals surface area contributed by atoms with Gasteiger partial charge in [-0.05, 0) is 44.0 Å². The van der Waals surface area contributed by atoms with Crippen molar-refractivity contribution >= 4 is 38.8 Å². The van der Waals surface area contributed by atoms with Crippen molar-refractivity contribution in [1.29, 1.82) is 0 Å². The summed E-state index contributed by atoms with van der Waals surface area (Å²) < 4.78 is 33.1. The van der Waals surface area contributed by atoms with E-state index >= 15 is 0 Å². The van der Waals surface area contributed by atoms with Crippen LogP contribution in [-0.2, 0) is 14.8 Å².